The van der Waals surface area contributed by atoms with Gasteiger partial charge in [-0.05, 0) is 49.9 Å². The molecule has 2 aromatic rings. The van der Waals surface area contributed by atoms with Crippen molar-refractivity contribution < 1.29 is 22.4 Å². The molecule has 3 nitrogen and oxygen atoms in total. The Kier molecular flexibility index (Phi) is 5.79. The molecule has 0 saturated carbocycles. The van der Waals surface area contributed by atoms with Gasteiger partial charge >= 0.3 is 6.18 Å². The first-order valence-corrected chi connectivity index (χ1v) is 7.59. The summed E-state index contributed by atoms with van der Waals surface area (Å²) in [7, 11) is 1.69. The number of amides is 1. The normalized spacial score (nSPS) is 12.9. The van der Waals surface area contributed by atoms with Crippen molar-refractivity contribution in [2.24, 2.45) is 0 Å². The number of nitrogens with zero attached hydrogens (tertiary/aromatic N) is 1. The Morgan fingerprint density at radius 2 is 1.80 bits per heavy atom. The second-order valence-corrected chi connectivity index (χ2v) is 5.79. The van der Waals surface area contributed by atoms with E-state index in [2.05, 4.69) is 5.32 Å². The van der Waals surface area contributed by atoms with Gasteiger partial charge in [-0.1, -0.05) is 18.2 Å². The molecule has 2 aromatic carbocycles. The molecule has 1 N–H and O–H groups in total. The molecule has 2 rings (SSSR count). The van der Waals surface area contributed by atoms with Gasteiger partial charge < -0.3 is 5.32 Å². The molecular formula is C18H18F4N2O. The third-order valence-electron chi connectivity index (χ3n) is 3.85. The molecule has 134 valence electrons. The lowest BCUT2D eigenvalue weighted by atomic mass is 10.1. The zero-order chi connectivity index (χ0) is 18.6. The summed E-state index contributed by atoms with van der Waals surface area (Å²) in [6.07, 6.45) is -4.37. The highest BCUT2D eigenvalue weighted by atomic mass is 19.4. The summed E-state index contributed by atoms with van der Waals surface area (Å²) in [4.78, 5) is 13.9. The maximum atomic E-state index is 13.1. The number of hydrogen-bond donors (Lipinski definition) is 1. The van der Waals surface area contributed by atoms with E-state index >= 15 is 0 Å². The molecule has 1 unspecified atom stereocenters. The van der Waals surface area contributed by atoms with Gasteiger partial charge in [-0.15, -0.1) is 0 Å². The van der Waals surface area contributed by atoms with Crippen molar-refractivity contribution in [1.29, 1.82) is 0 Å². The number of likely N-dealkylation sites (N-methyl/N-ethyl adjacent to an activating group) is 1. The molecule has 1 amide bonds. The van der Waals surface area contributed by atoms with Gasteiger partial charge in [0, 0.05) is 12.2 Å². The van der Waals surface area contributed by atoms with Crippen molar-refractivity contribution in [1.82, 2.24) is 4.90 Å². The van der Waals surface area contributed by atoms with Crippen LogP contribution in [0.5, 0.6) is 0 Å². The number of carbonyl (C=O) groups excluding carboxylic acids is 1. The highest BCUT2D eigenvalue weighted by molar-refractivity contribution is 5.94. The van der Waals surface area contributed by atoms with Crippen LogP contribution in [0, 0.1) is 5.82 Å². The van der Waals surface area contributed by atoms with E-state index in [4.69, 9.17) is 0 Å². The molecule has 1 atom stereocenters. The Bertz CT molecular complexity index is 729. The van der Waals surface area contributed by atoms with Crippen LogP contribution in [0.25, 0.3) is 0 Å². The summed E-state index contributed by atoms with van der Waals surface area (Å²) < 4.78 is 50.8. The van der Waals surface area contributed by atoms with Gasteiger partial charge in [-0.3, -0.25) is 9.69 Å². The standard InChI is InChI=1S/C18H18F4N2O/c1-12(17(25)23-16-5-3-4-15(19)10-16)24(2)11-13-6-8-14(9-7-13)18(20,21)22/h3-10,12H,11H2,1-2H3,(H,23,25). The molecule has 0 aromatic heterocycles. The molecule has 0 aliphatic carbocycles. The molecule has 7 heteroatoms. The molecule has 0 bridgehead atoms. The number of anilines is 1. The van der Waals surface area contributed by atoms with Crippen molar-refractivity contribution >= 4 is 11.6 Å². The van der Waals surface area contributed by atoms with Crippen molar-refractivity contribution in [2.75, 3.05) is 12.4 Å². The van der Waals surface area contributed by atoms with Crippen molar-refractivity contribution in [3.63, 3.8) is 0 Å². The van der Waals surface area contributed by atoms with E-state index in [1.54, 1.807) is 24.9 Å². The first-order chi connectivity index (χ1) is 11.7. The van der Waals surface area contributed by atoms with E-state index in [-0.39, 0.29) is 5.91 Å². The summed E-state index contributed by atoms with van der Waals surface area (Å²) in [6, 6.07) is 9.79. The minimum atomic E-state index is -4.37. The molecule has 0 fully saturated rings. The third-order valence-corrected chi connectivity index (χ3v) is 3.85. The fourth-order valence-corrected chi connectivity index (χ4v) is 2.24. The second kappa shape index (κ2) is 7.65. The summed E-state index contributed by atoms with van der Waals surface area (Å²) in [5.41, 5.74) is 0.288. The molecule has 25 heavy (non-hydrogen) atoms. The lowest BCUT2D eigenvalue weighted by Gasteiger charge is -2.24. The van der Waals surface area contributed by atoms with Crippen LogP contribution < -0.4 is 5.32 Å². The van der Waals surface area contributed by atoms with E-state index in [0.717, 1.165) is 12.1 Å². The Labute approximate surface area is 143 Å². The Morgan fingerprint density at radius 1 is 1.16 bits per heavy atom. The van der Waals surface area contributed by atoms with Crippen LogP contribution in [0.1, 0.15) is 18.1 Å². The third kappa shape index (κ3) is 5.29. The van der Waals surface area contributed by atoms with Crippen LogP contribution >= 0.6 is 0 Å². The van der Waals surface area contributed by atoms with Gasteiger partial charge in [0.2, 0.25) is 5.91 Å². The van der Waals surface area contributed by atoms with Gasteiger partial charge in [-0.25, -0.2) is 4.39 Å². The summed E-state index contributed by atoms with van der Waals surface area (Å²) in [5.74, 6) is -0.788. The minimum absolute atomic E-state index is 0.301. The number of alkyl halides is 3. The zero-order valence-corrected chi connectivity index (χ0v) is 13.8. The highest BCUT2D eigenvalue weighted by Gasteiger charge is 2.30. The highest BCUT2D eigenvalue weighted by Crippen LogP contribution is 2.29. The van der Waals surface area contributed by atoms with Crippen LogP contribution in [0.15, 0.2) is 48.5 Å². The lowest BCUT2D eigenvalue weighted by molar-refractivity contribution is -0.137. The smallest absolute Gasteiger partial charge is 0.325 e. The minimum Gasteiger partial charge on any atom is -0.325 e. The number of carbonyl (C=O) groups is 1. The van der Waals surface area contributed by atoms with Gasteiger partial charge in [0.15, 0.2) is 0 Å². The molecule has 0 radical (unpaired) electrons. The van der Waals surface area contributed by atoms with Crippen LogP contribution in [0.4, 0.5) is 23.2 Å². The average Bonchev–Trinajstić information content (AvgIpc) is 2.53. The van der Waals surface area contributed by atoms with E-state index in [9.17, 15) is 22.4 Å². The van der Waals surface area contributed by atoms with Crippen LogP contribution in [0.3, 0.4) is 0 Å². The fourth-order valence-electron chi connectivity index (χ4n) is 2.24. The van der Waals surface area contributed by atoms with E-state index in [1.807, 2.05) is 0 Å². The van der Waals surface area contributed by atoms with Gasteiger partial charge in [0.25, 0.3) is 0 Å². The number of halogens is 4. The maximum Gasteiger partial charge on any atom is 0.416 e. The van der Waals surface area contributed by atoms with Crippen LogP contribution in [-0.4, -0.2) is 23.9 Å². The maximum absolute atomic E-state index is 13.1. The molecule has 0 heterocycles. The summed E-state index contributed by atoms with van der Waals surface area (Å²) >= 11 is 0. The number of benzene rings is 2. The fraction of sp³-hybridized carbons (Fsp3) is 0.278. The van der Waals surface area contributed by atoms with Crippen molar-refractivity contribution in [3.05, 3.63) is 65.5 Å². The zero-order valence-electron chi connectivity index (χ0n) is 13.8. The average molecular weight is 354 g/mol. The molecule has 0 saturated heterocycles. The monoisotopic (exact) mass is 354 g/mol. The molecule has 0 aliphatic rings. The van der Waals surface area contributed by atoms with Gasteiger partial charge in [0.05, 0.1) is 11.6 Å². The molecular weight excluding hydrogens is 336 g/mol. The topological polar surface area (TPSA) is 32.3 Å². The molecule has 0 aliphatic heterocycles. The van der Waals surface area contributed by atoms with Crippen molar-refractivity contribution in [3.8, 4) is 0 Å². The SMILES string of the molecule is CC(C(=O)Nc1cccc(F)c1)N(C)Cc1ccc(C(F)(F)F)cc1. The van der Waals surface area contributed by atoms with Crippen LogP contribution in [0.2, 0.25) is 0 Å². The van der Waals surface area contributed by atoms with E-state index in [1.165, 1.54) is 30.3 Å². The predicted octanol–water partition coefficient (Wildman–Crippen LogP) is 4.30. The van der Waals surface area contributed by atoms with Crippen molar-refractivity contribution in [2.45, 2.75) is 25.7 Å². The summed E-state index contributed by atoms with van der Waals surface area (Å²) in [6.45, 7) is 1.97. The molecule has 0 spiro atoms. The van der Waals surface area contributed by atoms with Gasteiger partial charge in [-0.2, -0.15) is 13.2 Å². The second-order valence-electron chi connectivity index (χ2n) is 5.79. The van der Waals surface area contributed by atoms with E-state index < -0.39 is 23.6 Å². The first-order valence-electron chi connectivity index (χ1n) is 7.59. The largest absolute Gasteiger partial charge is 0.416 e. The number of nitrogens with one attached hydrogen (secondary N) is 1. The van der Waals surface area contributed by atoms with Crippen LogP contribution in [-0.2, 0) is 17.5 Å². The Hall–Kier alpha value is -2.41. The number of hydrogen-bond acceptors (Lipinski definition) is 2. The first kappa shape index (κ1) is 18.9. The van der Waals surface area contributed by atoms with E-state index in [0.29, 0.717) is 17.8 Å². The quantitative estimate of drug-likeness (QED) is 0.812. The van der Waals surface area contributed by atoms with Gasteiger partial charge in [0.1, 0.15) is 5.82 Å². The Morgan fingerprint density at radius 3 is 2.36 bits per heavy atom. The lowest BCUT2D eigenvalue weighted by Crippen LogP contribution is -2.39. The number of rotatable bonds is 5. The summed E-state index contributed by atoms with van der Waals surface area (Å²) in [5, 5.41) is 2.61. The predicted molar refractivity (Wildman–Crippen MR) is 87.4 cm³/mol. The Balaban J connectivity index is 1.97.